The first-order chi connectivity index (χ1) is 8.56. The zero-order valence-corrected chi connectivity index (χ0v) is 11.4. The van der Waals surface area contributed by atoms with E-state index in [-0.39, 0.29) is 5.56 Å². The maximum absolute atomic E-state index is 11.1. The van der Waals surface area contributed by atoms with Crippen molar-refractivity contribution >= 4 is 33.3 Å². The van der Waals surface area contributed by atoms with Crippen LogP contribution in [0.1, 0.15) is 15.9 Å². The number of carbonyl (C=O) groups is 1. The van der Waals surface area contributed by atoms with Crippen LogP contribution < -0.4 is 5.32 Å². The van der Waals surface area contributed by atoms with E-state index in [1.54, 1.807) is 24.3 Å². The summed E-state index contributed by atoms with van der Waals surface area (Å²) >= 11 is 3.42. The van der Waals surface area contributed by atoms with Crippen LogP contribution in [0.25, 0.3) is 0 Å². The van der Waals surface area contributed by atoms with Gasteiger partial charge in [-0.1, -0.05) is 28.1 Å². The van der Waals surface area contributed by atoms with Crippen LogP contribution in [0.15, 0.2) is 46.9 Å². The lowest BCUT2D eigenvalue weighted by atomic mass is 10.1. The van der Waals surface area contributed by atoms with Gasteiger partial charge in [0, 0.05) is 10.2 Å². The average Bonchev–Trinajstić information content (AvgIpc) is 2.27. The molecule has 0 saturated carbocycles. The number of carboxylic acids is 1. The van der Waals surface area contributed by atoms with Crippen molar-refractivity contribution in [3.63, 3.8) is 0 Å². The highest BCUT2D eigenvalue weighted by Gasteiger charge is 2.09. The summed E-state index contributed by atoms with van der Waals surface area (Å²) in [5.41, 5.74) is 2.80. The highest BCUT2D eigenvalue weighted by atomic mass is 79.9. The average molecular weight is 306 g/mol. The maximum atomic E-state index is 11.1. The fourth-order valence-electron chi connectivity index (χ4n) is 1.74. The molecule has 0 aromatic heterocycles. The zero-order chi connectivity index (χ0) is 13.1. The molecule has 0 aliphatic heterocycles. The van der Waals surface area contributed by atoms with Crippen LogP contribution in [0.3, 0.4) is 0 Å². The van der Waals surface area contributed by atoms with Gasteiger partial charge in [0.15, 0.2) is 0 Å². The number of carboxylic acid groups (broad SMARTS) is 1. The summed E-state index contributed by atoms with van der Waals surface area (Å²) in [4.78, 5) is 11.1. The van der Waals surface area contributed by atoms with Gasteiger partial charge in [0.1, 0.15) is 0 Å². The molecular formula is C14H12BrNO2. The van der Waals surface area contributed by atoms with E-state index in [9.17, 15) is 4.79 Å². The van der Waals surface area contributed by atoms with Gasteiger partial charge < -0.3 is 10.4 Å². The molecule has 92 valence electrons. The fraction of sp³-hybridized carbons (Fsp3) is 0.0714. The lowest BCUT2D eigenvalue weighted by Crippen LogP contribution is -2.02. The Labute approximate surface area is 114 Å². The van der Waals surface area contributed by atoms with Crippen molar-refractivity contribution in [2.24, 2.45) is 0 Å². The first-order valence-corrected chi connectivity index (χ1v) is 6.22. The Hall–Kier alpha value is -1.81. The maximum Gasteiger partial charge on any atom is 0.337 e. The summed E-state index contributed by atoms with van der Waals surface area (Å²) in [7, 11) is 0. The summed E-state index contributed by atoms with van der Waals surface area (Å²) in [6.07, 6.45) is 0. The van der Waals surface area contributed by atoms with Gasteiger partial charge >= 0.3 is 5.97 Å². The number of hydrogen-bond acceptors (Lipinski definition) is 2. The molecule has 0 unspecified atom stereocenters. The lowest BCUT2D eigenvalue weighted by molar-refractivity contribution is 0.0698. The van der Waals surface area contributed by atoms with Gasteiger partial charge in [-0.2, -0.15) is 0 Å². The van der Waals surface area contributed by atoms with Crippen molar-refractivity contribution in [2.75, 3.05) is 5.32 Å². The van der Waals surface area contributed by atoms with Crippen LogP contribution in [0, 0.1) is 6.92 Å². The van der Waals surface area contributed by atoms with Crippen LogP contribution >= 0.6 is 15.9 Å². The van der Waals surface area contributed by atoms with Crippen LogP contribution in [-0.4, -0.2) is 11.1 Å². The third-order valence-corrected chi connectivity index (χ3v) is 2.94. The zero-order valence-electron chi connectivity index (χ0n) is 9.77. The van der Waals surface area contributed by atoms with Crippen molar-refractivity contribution in [3.05, 3.63) is 58.1 Å². The van der Waals surface area contributed by atoms with Gasteiger partial charge in [0.25, 0.3) is 0 Å². The molecule has 18 heavy (non-hydrogen) atoms. The molecule has 2 N–H and O–H groups in total. The third kappa shape index (κ3) is 2.90. The Morgan fingerprint density at radius 1 is 1.22 bits per heavy atom. The molecule has 0 radical (unpaired) electrons. The molecule has 3 nitrogen and oxygen atoms in total. The van der Waals surface area contributed by atoms with Gasteiger partial charge in [-0.25, -0.2) is 4.79 Å². The number of anilines is 2. The quantitative estimate of drug-likeness (QED) is 0.893. The Morgan fingerprint density at radius 2 is 1.94 bits per heavy atom. The normalized spacial score (nSPS) is 10.1. The molecule has 0 fully saturated rings. The molecule has 2 rings (SSSR count). The summed E-state index contributed by atoms with van der Waals surface area (Å²) in [5, 5.41) is 12.2. The molecule has 0 spiro atoms. The molecule has 0 aliphatic carbocycles. The monoisotopic (exact) mass is 305 g/mol. The molecular weight excluding hydrogens is 294 g/mol. The first-order valence-electron chi connectivity index (χ1n) is 5.43. The number of benzene rings is 2. The summed E-state index contributed by atoms with van der Waals surface area (Å²) < 4.78 is 0.956. The van der Waals surface area contributed by atoms with Crippen LogP contribution in [0.5, 0.6) is 0 Å². The second-order valence-corrected chi connectivity index (χ2v) is 4.91. The molecule has 0 heterocycles. The van der Waals surface area contributed by atoms with Crippen molar-refractivity contribution in [3.8, 4) is 0 Å². The number of aryl methyl sites for hydroxylation is 1. The smallest absolute Gasteiger partial charge is 0.337 e. The Morgan fingerprint density at radius 3 is 2.61 bits per heavy atom. The highest BCUT2D eigenvalue weighted by Crippen LogP contribution is 2.24. The standard InChI is InChI=1S/C14H12BrNO2/c1-9-6-10(15)8-11(7-9)16-13-5-3-2-4-12(13)14(17)18/h2-8,16H,1H3,(H,17,18). The van der Waals surface area contributed by atoms with Gasteiger partial charge in [-0.3, -0.25) is 0 Å². The van der Waals surface area contributed by atoms with E-state index in [0.29, 0.717) is 5.69 Å². The topological polar surface area (TPSA) is 49.3 Å². The number of aromatic carboxylic acids is 1. The number of hydrogen-bond donors (Lipinski definition) is 2. The van der Waals surface area contributed by atoms with Gasteiger partial charge in [-0.15, -0.1) is 0 Å². The minimum atomic E-state index is -0.940. The minimum Gasteiger partial charge on any atom is -0.478 e. The minimum absolute atomic E-state index is 0.259. The predicted molar refractivity (Wildman–Crippen MR) is 75.6 cm³/mol. The molecule has 4 heteroatoms. The van der Waals surface area contributed by atoms with Gasteiger partial charge in [0.2, 0.25) is 0 Å². The second-order valence-electron chi connectivity index (χ2n) is 3.99. The molecule has 2 aromatic rings. The number of halogens is 1. The number of nitrogens with one attached hydrogen (secondary N) is 1. The van der Waals surface area contributed by atoms with Crippen LogP contribution in [-0.2, 0) is 0 Å². The molecule has 0 amide bonds. The largest absolute Gasteiger partial charge is 0.478 e. The molecule has 0 saturated heterocycles. The van der Waals surface area contributed by atoms with E-state index in [1.165, 1.54) is 0 Å². The Balaban J connectivity index is 2.37. The SMILES string of the molecule is Cc1cc(Br)cc(Nc2ccccc2C(=O)O)c1. The van der Waals surface area contributed by atoms with E-state index >= 15 is 0 Å². The molecule has 0 aliphatic rings. The van der Waals surface area contributed by atoms with Gasteiger partial charge in [0.05, 0.1) is 11.3 Å². The van der Waals surface area contributed by atoms with E-state index in [2.05, 4.69) is 21.2 Å². The third-order valence-electron chi connectivity index (χ3n) is 2.48. The van der Waals surface area contributed by atoms with Crippen molar-refractivity contribution in [1.82, 2.24) is 0 Å². The van der Waals surface area contributed by atoms with E-state index < -0.39 is 5.97 Å². The molecule has 2 aromatic carbocycles. The Bertz CT molecular complexity index is 576. The molecule has 0 bridgehead atoms. The Kier molecular flexibility index (Phi) is 3.67. The highest BCUT2D eigenvalue weighted by molar-refractivity contribution is 9.10. The fourth-order valence-corrected chi connectivity index (χ4v) is 2.35. The summed E-state index contributed by atoms with van der Waals surface area (Å²) in [6, 6.07) is 12.7. The number of para-hydroxylation sites is 1. The summed E-state index contributed by atoms with van der Waals surface area (Å²) in [5.74, 6) is -0.940. The van der Waals surface area contributed by atoms with E-state index in [0.717, 1.165) is 15.7 Å². The lowest BCUT2D eigenvalue weighted by Gasteiger charge is -2.10. The van der Waals surface area contributed by atoms with Gasteiger partial charge in [-0.05, 0) is 42.8 Å². The second kappa shape index (κ2) is 5.23. The summed E-state index contributed by atoms with van der Waals surface area (Å²) in [6.45, 7) is 1.99. The van der Waals surface area contributed by atoms with Crippen LogP contribution in [0.2, 0.25) is 0 Å². The van der Waals surface area contributed by atoms with E-state index in [4.69, 9.17) is 5.11 Å². The van der Waals surface area contributed by atoms with Crippen molar-refractivity contribution in [2.45, 2.75) is 6.92 Å². The molecule has 0 atom stereocenters. The van der Waals surface area contributed by atoms with Crippen molar-refractivity contribution < 1.29 is 9.90 Å². The number of rotatable bonds is 3. The first kappa shape index (κ1) is 12.6. The van der Waals surface area contributed by atoms with Crippen molar-refractivity contribution in [1.29, 1.82) is 0 Å². The predicted octanol–water partition coefficient (Wildman–Crippen LogP) is 4.20. The van der Waals surface area contributed by atoms with E-state index in [1.807, 2.05) is 25.1 Å². The van der Waals surface area contributed by atoms with Crippen LogP contribution in [0.4, 0.5) is 11.4 Å².